The van der Waals surface area contributed by atoms with Crippen molar-refractivity contribution in [3.05, 3.63) is 33.8 Å². The fourth-order valence-electron chi connectivity index (χ4n) is 1.75. The maximum atomic E-state index is 13.8. The molecule has 112 valence electrons. The van der Waals surface area contributed by atoms with Crippen LogP contribution in [0.1, 0.15) is 13.8 Å². The first-order chi connectivity index (χ1) is 10.0. The first-order valence-corrected chi connectivity index (χ1v) is 7.59. The van der Waals surface area contributed by atoms with Gasteiger partial charge in [-0.1, -0.05) is 15.9 Å². The van der Waals surface area contributed by atoms with Crippen LogP contribution in [0, 0.1) is 5.82 Å². The summed E-state index contributed by atoms with van der Waals surface area (Å²) < 4.78 is 14.5. The molecule has 0 unspecified atom stereocenters. The number of benzene rings is 1. The van der Waals surface area contributed by atoms with E-state index < -0.39 is 5.82 Å². The molecule has 0 fully saturated rings. The Labute approximate surface area is 135 Å². The third kappa shape index (κ3) is 4.01. The van der Waals surface area contributed by atoms with E-state index in [1.54, 1.807) is 12.1 Å². The maximum absolute atomic E-state index is 13.8. The van der Waals surface area contributed by atoms with Gasteiger partial charge in [0.15, 0.2) is 0 Å². The standard InChI is InChI=1S/C13H14BrClFN5/c1-3-21(4-2)13-19-11(15)18-12(20-13)17-10-6-5-8(14)7-9(10)16/h5-7H,3-4H2,1-2H3,(H,17,18,19,20). The molecular weight excluding hydrogens is 361 g/mol. The van der Waals surface area contributed by atoms with Crippen LogP contribution < -0.4 is 10.2 Å². The van der Waals surface area contributed by atoms with Gasteiger partial charge in [0.25, 0.3) is 0 Å². The van der Waals surface area contributed by atoms with Crippen molar-refractivity contribution in [2.45, 2.75) is 13.8 Å². The van der Waals surface area contributed by atoms with E-state index in [4.69, 9.17) is 11.6 Å². The highest BCUT2D eigenvalue weighted by Crippen LogP contribution is 2.23. The second kappa shape index (κ2) is 7.00. The van der Waals surface area contributed by atoms with Gasteiger partial charge < -0.3 is 10.2 Å². The number of rotatable bonds is 5. The molecular formula is C13H14BrClFN5. The molecule has 21 heavy (non-hydrogen) atoms. The van der Waals surface area contributed by atoms with Crippen LogP contribution >= 0.6 is 27.5 Å². The summed E-state index contributed by atoms with van der Waals surface area (Å²) in [6.07, 6.45) is 0. The molecule has 0 aliphatic heterocycles. The van der Waals surface area contributed by atoms with Crippen LogP contribution in [-0.4, -0.2) is 28.0 Å². The first kappa shape index (κ1) is 15.9. The van der Waals surface area contributed by atoms with E-state index in [0.717, 1.165) is 13.1 Å². The van der Waals surface area contributed by atoms with Crippen LogP contribution in [0.25, 0.3) is 0 Å². The number of aromatic nitrogens is 3. The van der Waals surface area contributed by atoms with Crippen molar-refractivity contribution >= 4 is 45.1 Å². The molecule has 0 aliphatic rings. The lowest BCUT2D eigenvalue weighted by Crippen LogP contribution is -2.24. The van der Waals surface area contributed by atoms with Crippen LogP contribution in [0.15, 0.2) is 22.7 Å². The van der Waals surface area contributed by atoms with E-state index in [-0.39, 0.29) is 16.9 Å². The lowest BCUT2D eigenvalue weighted by atomic mass is 10.3. The molecule has 0 spiro atoms. The van der Waals surface area contributed by atoms with E-state index in [1.165, 1.54) is 6.07 Å². The number of nitrogens with zero attached hydrogens (tertiary/aromatic N) is 4. The highest BCUT2D eigenvalue weighted by atomic mass is 79.9. The smallest absolute Gasteiger partial charge is 0.233 e. The van der Waals surface area contributed by atoms with Gasteiger partial charge in [-0.15, -0.1) is 0 Å². The minimum Gasteiger partial charge on any atom is -0.341 e. The number of nitrogens with one attached hydrogen (secondary N) is 1. The minimum absolute atomic E-state index is 0.0620. The Kier molecular flexibility index (Phi) is 5.30. The molecule has 0 amide bonds. The Bertz CT molecular complexity index is 636. The third-order valence-corrected chi connectivity index (χ3v) is 3.48. The summed E-state index contributed by atoms with van der Waals surface area (Å²) >= 11 is 9.11. The Balaban J connectivity index is 2.31. The third-order valence-electron chi connectivity index (χ3n) is 2.82. The van der Waals surface area contributed by atoms with Crippen molar-refractivity contribution in [2.75, 3.05) is 23.3 Å². The van der Waals surface area contributed by atoms with E-state index >= 15 is 0 Å². The predicted molar refractivity (Wildman–Crippen MR) is 85.8 cm³/mol. The van der Waals surface area contributed by atoms with Gasteiger partial charge in [-0.3, -0.25) is 0 Å². The average molecular weight is 375 g/mol. The molecule has 2 rings (SSSR count). The van der Waals surface area contributed by atoms with Crippen LogP contribution in [0.2, 0.25) is 5.28 Å². The molecule has 0 saturated carbocycles. The molecule has 0 aliphatic carbocycles. The topological polar surface area (TPSA) is 53.9 Å². The van der Waals surface area contributed by atoms with E-state index in [0.29, 0.717) is 10.4 Å². The number of halogens is 3. The van der Waals surface area contributed by atoms with Gasteiger partial charge in [0.1, 0.15) is 5.82 Å². The SMILES string of the molecule is CCN(CC)c1nc(Cl)nc(Nc2ccc(Br)cc2F)n1. The van der Waals surface area contributed by atoms with Gasteiger partial charge in [-0.25, -0.2) is 4.39 Å². The van der Waals surface area contributed by atoms with Gasteiger partial charge in [-0.05, 0) is 43.6 Å². The zero-order valence-electron chi connectivity index (χ0n) is 11.6. The van der Waals surface area contributed by atoms with Crippen LogP contribution in [-0.2, 0) is 0 Å². The molecule has 1 N–H and O–H groups in total. The molecule has 0 atom stereocenters. The van der Waals surface area contributed by atoms with Crippen molar-refractivity contribution in [3.8, 4) is 0 Å². The second-order valence-electron chi connectivity index (χ2n) is 4.15. The average Bonchev–Trinajstić information content (AvgIpc) is 2.43. The first-order valence-electron chi connectivity index (χ1n) is 6.42. The van der Waals surface area contributed by atoms with Gasteiger partial charge in [0, 0.05) is 17.6 Å². The van der Waals surface area contributed by atoms with Gasteiger partial charge in [0.05, 0.1) is 5.69 Å². The quantitative estimate of drug-likeness (QED) is 0.857. The van der Waals surface area contributed by atoms with Gasteiger partial charge in [-0.2, -0.15) is 15.0 Å². The molecule has 8 heteroatoms. The Morgan fingerprint density at radius 2 is 1.95 bits per heavy atom. The summed E-state index contributed by atoms with van der Waals surface area (Å²) in [5, 5.41) is 2.88. The lowest BCUT2D eigenvalue weighted by Gasteiger charge is -2.18. The van der Waals surface area contributed by atoms with Crippen LogP contribution in [0.3, 0.4) is 0 Å². The molecule has 2 aromatic rings. The molecule has 0 saturated heterocycles. The second-order valence-corrected chi connectivity index (χ2v) is 5.40. The molecule has 1 heterocycles. The summed E-state index contributed by atoms with van der Waals surface area (Å²) in [4.78, 5) is 14.2. The monoisotopic (exact) mass is 373 g/mol. The van der Waals surface area contributed by atoms with Gasteiger partial charge in [0.2, 0.25) is 17.2 Å². The van der Waals surface area contributed by atoms with E-state index in [1.807, 2.05) is 18.7 Å². The molecule has 0 bridgehead atoms. The van der Waals surface area contributed by atoms with Crippen molar-refractivity contribution in [3.63, 3.8) is 0 Å². The van der Waals surface area contributed by atoms with Gasteiger partial charge >= 0.3 is 0 Å². The Morgan fingerprint density at radius 3 is 2.57 bits per heavy atom. The fraction of sp³-hybridized carbons (Fsp3) is 0.308. The minimum atomic E-state index is -0.412. The predicted octanol–water partition coefficient (Wildman–Crippen LogP) is 4.02. The number of hydrogen-bond donors (Lipinski definition) is 1. The van der Waals surface area contributed by atoms with Crippen molar-refractivity contribution in [1.29, 1.82) is 0 Å². The number of hydrogen-bond acceptors (Lipinski definition) is 5. The lowest BCUT2D eigenvalue weighted by molar-refractivity contribution is 0.630. The van der Waals surface area contributed by atoms with E-state index in [2.05, 4.69) is 36.2 Å². The summed E-state index contributed by atoms with van der Waals surface area (Å²) in [6, 6.07) is 4.67. The zero-order chi connectivity index (χ0) is 15.4. The summed E-state index contributed by atoms with van der Waals surface area (Å²) in [7, 11) is 0. The maximum Gasteiger partial charge on any atom is 0.233 e. The van der Waals surface area contributed by atoms with Crippen molar-refractivity contribution < 1.29 is 4.39 Å². The highest BCUT2D eigenvalue weighted by Gasteiger charge is 2.11. The van der Waals surface area contributed by atoms with E-state index in [9.17, 15) is 4.39 Å². The largest absolute Gasteiger partial charge is 0.341 e. The molecule has 5 nitrogen and oxygen atoms in total. The number of anilines is 3. The van der Waals surface area contributed by atoms with Crippen molar-refractivity contribution in [1.82, 2.24) is 15.0 Å². The molecule has 1 aromatic carbocycles. The summed E-state index contributed by atoms with van der Waals surface area (Å²) in [5.41, 5.74) is 0.269. The molecule has 0 radical (unpaired) electrons. The summed E-state index contributed by atoms with van der Waals surface area (Å²) in [5.74, 6) is 0.253. The summed E-state index contributed by atoms with van der Waals surface area (Å²) in [6.45, 7) is 5.46. The zero-order valence-corrected chi connectivity index (χ0v) is 13.9. The molecule has 1 aromatic heterocycles. The normalized spacial score (nSPS) is 10.5. The van der Waals surface area contributed by atoms with Crippen molar-refractivity contribution in [2.24, 2.45) is 0 Å². The Morgan fingerprint density at radius 1 is 1.24 bits per heavy atom. The van der Waals surface area contributed by atoms with Crippen LogP contribution in [0.4, 0.5) is 22.0 Å². The highest BCUT2D eigenvalue weighted by molar-refractivity contribution is 9.10. The van der Waals surface area contributed by atoms with Crippen LogP contribution in [0.5, 0.6) is 0 Å². The fourth-order valence-corrected chi connectivity index (χ4v) is 2.24. The Hall–Kier alpha value is -1.47.